The number of nitrogens with zero attached hydrogens (tertiary/aromatic N) is 3. The summed E-state index contributed by atoms with van der Waals surface area (Å²) in [5.74, 6) is 1.68. The molecule has 6 nitrogen and oxygen atoms in total. The largest absolute Gasteiger partial charge is 0.495 e. The van der Waals surface area contributed by atoms with E-state index in [9.17, 15) is 0 Å². The van der Waals surface area contributed by atoms with Crippen LogP contribution >= 0.6 is 22.9 Å². The lowest BCUT2D eigenvalue weighted by Gasteiger charge is -2.22. The Bertz CT molecular complexity index is 810. The van der Waals surface area contributed by atoms with Gasteiger partial charge in [-0.15, -0.1) is 11.3 Å². The Hall–Kier alpha value is -1.99. The van der Waals surface area contributed by atoms with Crippen molar-refractivity contribution in [2.75, 3.05) is 38.7 Å². The Balaban J connectivity index is 1.50. The monoisotopic (exact) mass is 421 g/mol. The molecule has 0 aliphatic carbocycles. The molecule has 8 heteroatoms. The number of aliphatic imine (C=N–C) groups is 1. The number of methoxy groups -OCH3 is 1. The number of ether oxygens (including phenoxy) is 1. The molecule has 2 heterocycles. The standard InChI is InChI=1S/C20H28ClN5OS/c1-4-16-12-24-19(28-16)7-9-23-20(22-2)25-15-8-10-26(13-15)17-11-14(21)5-6-18(17)27-3/h5-6,11-12,15H,4,7-10,13H2,1-3H3,(H2,22,23,25). The van der Waals surface area contributed by atoms with Gasteiger partial charge in [0, 0.05) is 55.2 Å². The van der Waals surface area contributed by atoms with Crippen LogP contribution in [0.15, 0.2) is 29.4 Å². The predicted octanol–water partition coefficient (Wildman–Crippen LogP) is 3.35. The number of aryl methyl sites for hydroxylation is 1. The van der Waals surface area contributed by atoms with Crippen molar-refractivity contribution in [3.63, 3.8) is 0 Å². The van der Waals surface area contributed by atoms with Crippen LogP contribution in [-0.4, -0.2) is 50.8 Å². The van der Waals surface area contributed by atoms with Crippen molar-refractivity contribution in [3.05, 3.63) is 39.3 Å². The lowest BCUT2D eigenvalue weighted by atomic mass is 10.2. The molecule has 0 spiro atoms. The third-order valence-corrected chi connectivity index (χ3v) is 6.25. The molecule has 0 saturated carbocycles. The number of thiazole rings is 1. The zero-order valence-corrected chi connectivity index (χ0v) is 18.2. The molecule has 1 fully saturated rings. The lowest BCUT2D eigenvalue weighted by Crippen LogP contribution is -2.45. The molecule has 0 amide bonds. The van der Waals surface area contributed by atoms with Crippen LogP contribution in [0.5, 0.6) is 5.75 Å². The predicted molar refractivity (Wildman–Crippen MR) is 118 cm³/mol. The van der Waals surface area contributed by atoms with Crippen LogP contribution < -0.4 is 20.3 Å². The molecular formula is C20H28ClN5OS. The van der Waals surface area contributed by atoms with Gasteiger partial charge in [0.15, 0.2) is 5.96 Å². The Kier molecular flexibility index (Phi) is 7.39. The van der Waals surface area contributed by atoms with E-state index in [-0.39, 0.29) is 0 Å². The van der Waals surface area contributed by atoms with Gasteiger partial charge in [0.2, 0.25) is 0 Å². The SMILES string of the molecule is CCc1cnc(CCNC(=NC)NC2CCN(c3cc(Cl)ccc3OC)C2)s1. The van der Waals surface area contributed by atoms with E-state index in [4.69, 9.17) is 16.3 Å². The maximum Gasteiger partial charge on any atom is 0.191 e. The molecule has 1 atom stereocenters. The summed E-state index contributed by atoms with van der Waals surface area (Å²) in [6.45, 7) is 4.80. The number of aromatic nitrogens is 1. The molecule has 3 rings (SSSR count). The fourth-order valence-corrected chi connectivity index (χ4v) is 4.34. The first kappa shape index (κ1) is 20.7. The average molecular weight is 422 g/mol. The van der Waals surface area contributed by atoms with Crippen molar-refractivity contribution in [2.45, 2.75) is 32.2 Å². The molecule has 1 aliphatic rings. The highest BCUT2D eigenvalue weighted by Gasteiger charge is 2.25. The van der Waals surface area contributed by atoms with Crippen LogP contribution in [0, 0.1) is 0 Å². The molecule has 28 heavy (non-hydrogen) atoms. The van der Waals surface area contributed by atoms with Crippen LogP contribution in [0.25, 0.3) is 0 Å². The first-order valence-corrected chi connectivity index (χ1v) is 10.8. The van der Waals surface area contributed by atoms with Crippen molar-refractivity contribution in [3.8, 4) is 5.75 Å². The number of guanidine groups is 1. The number of nitrogens with one attached hydrogen (secondary N) is 2. The minimum atomic E-state index is 0.321. The number of anilines is 1. The molecule has 152 valence electrons. The minimum Gasteiger partial charge on any atom is -0.495 e. The lowest BCUT2D eigenvalue weighted by molar-refractivity contribution is 0.415. The summed E-state index contributed by atoms with van der Waals surface area (Å²) in [6.07, 6.45) is 4.96. The van der Waals surface area contributed by atoms with E-state index in [0.717, 1.165) is 61.3 Å². The molecular weight excluding hydrogens is 394 g/mol. The number of rotatable bonds is 7. The summed E-state index contributed by atoms with van der Waals surface area (Å²) in [7, 11) is 3.50. The molecule has 1 aliphatic heterocycles. The zero-order chi connectivity index (χ0) is 19.9. The van der Waals surface area contributed by atoms with E-state index in [1.165, 1.54) is 9.88 Å². The summed E-state index contributed by atoms with van der Waals surface area (Å²) in [5, 5.41) is 8.81. The highest BCUT2D eigenvalue weighted by molar-refractivity contribution is 7.11. The number of hydrogen-bond acceptors (Lipinski definition) is 5. The van der Waals surface area contributed by atoms with Gasteiger partial charge in [-0.25, -0.2) is 4.98 Å². The van der Waals surface area contributed by atoms with Crippen molar-refractivity contribution in [1.82, 2.24) is 15.6 Å². The van der Waals surface area contributed by atoms with Gasteiger partial charge in [-0.2, -0.15) is 0 Å². The van der Waals surface area contributed by atoms with E-state index in [0.29, 0.717) is 6.04 Å². The van der Waals surface area contributed by atoms with Gasteiger partial charge in [-0.1, -0.05) is 18.5 Å². The third-order valence-electron chi connectivity index (χ3n) is 4.82. The first-order valence-electron chi connectivity index (χ1n) is 9.62. The molecule has 2 aromatic rings. The molecule has 1 aromatic heterocycles. The van der Waals surface area contributed by atoms with Gasteiger partial charge in [0.1, 0.15) is 5.75 Å². The van der Waals surface area contributed by atoms with E-state index < -0.39 is 0 Å². The minimum absolute atomic E-state index is 0.321. The Morgan fingerprint density at radius 2 is 2.32 bits per heavy atom. The second-order valence-electron chi connectivity index (χ2n) is 6.71. The smallest absolute Gasteiger partial charge is 0.191 e. The van der Waals surface area contributed by atoms with Gasteiger partial charge in [0.05, 0.1) is 17.8 Å². The van der Waals surface area contributed by atoms with Crippen molar-refractivity contribution < 1.29 is 4.74 Å². The normalized spacial score (nSPS) is 17.1. The maximum absolute atomic E-state index is 6.18. The van der Waals surface area contributed by atoms with Gasteiger partial charge in [0.25, 0.3) is 0 Å². The van der Waals surface area contributed by atoms with E-state index >= 15 is 0 Å². The summed E-state index contributed by atoms with van der Waals surface area (Å²) in [5.41, 5.74) is 1.04. The second kappa shape index (κ2) is 9.98. The maximum atomic E-state index is 6.18. The summed E-state index contributed by atoms with van der Waals surface area (Å²) in [4.78, 5) is 12.5. The molecule has 1 saturated heterocycles. The topological polar surface area (TPSA) is 61.8 Å². The fourth-order valence-electron chi connectivity index (χ4n) is 3.31. The molecule has 0 radical (unpaired) electrons. The first-order chi connectivity index (χ1) is 13.6. The Morgan fingerprint density at radius 3 is 3.04 bits per heavy atom. The van der Waals surface area contributed by atoms with Crippen LogP contribution in [0.1, 0.15) is 23.2 Å². The molecule has 2 N–H and O–H groups in total. The van der Waals surface area contributed by atoms with E-state index in [2.05, 4.69) is 32.4 Å². The molecule has 1 unspecified atom stereocenters. The third kappa shape index (κ3) is 5.29. The fraction of sp³-hybridized carbons (Fsp3) is 0.500. The molecule has 1 aromatic carbocycles. The van der Waals surface area contributed by atoms with Crippen LogP contribution in [-0.2, 0) is 12.8 Å². The quantitative estimate of drug-likeness (QED) is 0.530. The van der Waals surface area contributed by atoms with Crippen molar-refractivity contribution in [1.29, 1.82) is 0 Å². The highest BCUT2D eigenvalue weighted by Crippen LogP contribution is 2.33. The van der Waals surface area contributed by atoms with Gasteiger partial charge < -0.3 is 20.3 Å². The van der Waals surface area contributed by atoms with Gasteiger partial charge in [-0.05, 0) is 31.0 Å². The summed E-state index contributed by atoms with van der Waals surface area (Å²) in [6, 6.07) is 6.06. The number of benzene rings is 1. The second-order valence-corrected chi connectivity index (χ2v) is 8.35. The van der Waals surface area contributed by atoms with Crippen LogP contribution in [0.4, 0.5) is 5.69 Å². The van der Waals surface area contributed by atoms with Gasteiger partial charge >= 0.3 is 0 Å². The van der Waals surface area contributed by atoms with E-state index in [1.807, 2.05) is 24.4 Å². The van der Waals surface area contributed by atoms with Crippen LogP contribution in [0.2, 0.25) is 5.02 Å². The Labute approximate surface area is 176 Å². The highest BCUT2D eigenvalue weighted by atomic mass is 35.5. The summed E-state index contributed by atoms with van der Waals surface area (Å²) < 4.78 is 5.49. The van der Waals surface area contributed by atoms with Gasteiger partial charge in [-0.3, -0.25) is 4.99 Å². The van der Waals surface area contributed by atoms with Crippen molar-refractivity contribution in [2.24, 2.45) is 4.99 Å². The van der Waals surface area contributed by atoms with Crippen LogP contribution in [0.3, 0.4) is 0 Å². The zero-order valence-electron chi connectivity index (χ0n) is 16.7. The Morgan fingerprint density at radius 1 is 1.46 bits per heavy atom. The van der Waals surface area contributed by atoms with Crippen molar-refractivity contribution >= 4 is 34.6 Å². The number of hydrogen-bond donors (Lipinski definition) is 2. The molecule has 0 bridgehead atoms. The summed E-state index contributed by atoms with van der Waals surface area (Å²) >= 11 is 7.97. The number of halogens is 1. The van der Waals surface area contributed by atoms with E-state index in [1.54, 1.807) is 25.5 Å². The average Bonchev–Trinajstić information content (AvgIpc) is 3.36.